The van der Waals surface area contributed by atoms with Gasteiger partial charge in [-0.2, -0.15) is 10.2 Å². The molecule has 0 aliphatic carbocycles. The number of carboxylic acid groups (broad SMARTS) is 1. The largest absolute Gasteiger partial charge is 0.480 e. The van der Waals surface area contributed by atoms with Gasteiger partial charge in [0.25, 0.3) is 5.91 Å². The second-order valence-corrected chi connectivity index (χ2v) is 6.03. The predicted octanol–water partition coefficient (Wildman–Crippen LogP) is 2.08. The van der Waals surface area contributed by atoms with E-state index in [9.17, 15) is 9.59 Å². The van der Waals surface area contributed by atoms with Gasteiger partial charge < -0.3 is 10.4 Å². The maximum atomic E-state index is 12.3. The van der Waals surface area contributed by atoms with Crippen LogP contribution in [0.15, 0.2) is 42.6 Å². The van der Waals surface area contributed by atoms with Crippen LogP contribution in [-0.4, -0.2) is 36.5 Å². The van der Waals surface area contributed by atoms with E-state index in [0.717, 1.165) is 17.0 Å². The molecule has 0 aliphatic heterocycles. The molecule has 26 heavy (non-hydrogen) atoms. The first-order valence-corrected chi connectivity index (χ1v) is 8.07. The highest BCUT2D eigenvalue weighted by atomic mass is 16.4. The molecule has 1 amide bonds. The van der Waals surface area contributed by atoms with Crippen molar-refractivity contribution >= 4 is 17.6 Å². The number of aromatic nitrogens is 4. The van der Waals surface area contributed by atoms with Gasteiger partial charge in [-0.3, -0.25) is 19.0 Å². The summed E-state index contributed by atoms with van der Waals surface area (Å²) in [5.74, 6) is -1.41. The van der Waals surface area contributed by atoms with E-state index in [1.807, 2.05) is 42.8 Å². The minimum Gasteiger partial charge on any atom is -0.480 e. The number of carboxylic acids is 1. The standard InChI is InChI=1S/C18H19N5O3/c1-12-8-13(2)23(20-12)10-14-4-3-5-15(9-14)19-18(26)16-6-7-22(21-16)11-17(24)25/h3-9H,10-11H2,1-2H3,(H,19,26)(H,24,25). The fourth-order valence-electron chi connectivity index (χ4n) is 2.66. The van der Waals surface area contributed by atoms with E-state index in [1.165, 1.54) is 16.9 Å². The third-order valence-electron chi connectivity index (χ3n) is 3.79. The maximum Gasteiger partial charge on any atom is 0.325 e. The average molecular weight is 353 g/mol. The number of carbonyl (C=O) groups is 2. The number of aryl methyl sites for hydroxylation is 2. The van der Waals surface area contributed by atoms with E-state index in [0.29, 0.717) is 12.2 Å². The van der Waals surface area contributed by atoms with Gasteiger partial charge in [0.05, 0.1) is 12.2 Å². The first-order chi connectivity index (χ1) is 12.4. The smallest absolute Gasteiger partial charge is 0.325 e. The Kier molecular flexibility index (Phi) is 4.83. The van der Waals surface area contributed by atoms with Gasteiger partial charge in [0.2, 0.25) is 0 Å². The Morgan fingerprint density at radius 1 is 1.15 bits per heavy atom. The Morgan fingerprint density at radius 2 is 1.96 bits per heavy atom. The van der Waals surface area contributed by atoms with Crippen LogP contribution in [0.4, 0.5) is 5.69 Å². The number of hydrogen-bond donors (Lipinski definition) is 2. The lowest BCUT2D eigenvalue weighted by Gasteiger charge is -2.08. The van der Waals surface area contributed by atoms with Gasteiger partial charge in [-0.05, 0) is 43.7 Å². The monoisotopic (exact) mass is 353 g/mol. The number of anilines is 1. The molecule has 8 nitrogen and oxygen atoms in total. The van der Waals surface area contributed by atoms with Crippen molar-refractivity contribution in [2.24, 2.45) is 0 Å². The minimum atomic E-state index is -1.02. The molecule has 0 fully saturated rings. The van der Waals surface area contributed by atoms with Crippen LogP contribution in [0.3, 0.4) is 0 Å². The van der Waals surface area contributed by atoms with Crippen LogP contribution in [-0.2, 0) is 17.9 Å². The zero-order chi connectivity index (χ0) is 18.7. The van der Waals surface area contributed by atoms with Gasteiger partial charge in [-0.25, -0.2) is 0 Å². The zero-order valence-corrected chi connectivity index (χ0v) is 14.5. The Morgan fingerprint density at radius 3 is 2.65 bits per heavy atom. The summed E-state index contributed by atoms with van der Waals surface area (Å²) < 4.78 is 3.11. The van der Waals surface area contributed by atoms with Crippen molar-refractivity contribution in [2.45, 2.75) is 26.9 Å². The fraction of sp³-hybridized carbons (Fsp3) is 0.222. The van der Waals surface area contributed by atoms with E-state index < -0.39 is 11.9 Å². The number of carbonyl (C=O) groups excluding carboxylic acids is 1. The number of rotatable bonds is 6. The number of amides is 1. The van der Waals surface area contributed by atoms with Crippen LogP contribution < -0.4 is 5.32 Å². The minimum absolute atomic E-state index is 0.162. The van der Waals surface area contributed by atoms with Crippen LogP contribution in [0.1, 0.15) is 27.4 Å². The molecule has 8 heteroatoms. The summed E-state index contributed by atoms with van der Waals surface area (Å²) in [6.07, 6.45) is 1.46. The van der Waals surface area contributed by atoms with Crippen molar-refractivity contribution < 1.29 is 14.7 Å². The van der Waals surface area contributed by atoms with E-state index in [4.69, 9.17) is 5.11 Å². The Balaban J connectivity index is 1.70. The second kappa shape index (κ2) is 7.22. The van der Waals surface area contributed by atoms with Crippen molar-refractivity contribution in [3.8, 4) is 0 Å². The second-order valence-electron chi connectivity index (χ2n) is 6.03. The van der Waals surface area contributed by atoms with E-state index in [-0.39, 0.29) is 12.2 Å². The molecule has 3 aromatic rings. The molecule has 3 rings (SSSR count). The lowest BCUT2D eigenvalue weighted by Crippen LogP contribution is -2.15. The highest BCUT2D eigenvalue weighted by Crippen LogP contribution is 2.14. The lowest BCUT2D eigenvalue weighted by atomic mass is 10.2. The number of hydrogen-bond acceptors (Lipinski definition) is 4. The normalized spacial score (nSPS) is 10.7. The number of benzene rings is 1. The number of aliphatic carboxylic acids is 1. The van der Waals surface area contributed by atoms with Gasteiger partial charge >= 0.3 is 5.97 Å². The van der Waals surface area contributed by atoms with Gasteiger partial charge in [0, 0.05) is 17.6 Å². The molecule has 0 radical (unpaired) electrons. The first kappa shape index (κ1) is 17.4. The molecule has 2 N–H and O–H groups in total. The highest BCUT2D eigenvalue weighted by Gasteiger charge is 2.11. The van der Waals surface area contributed by atoms with Gasteiger partial charge in [-0.15, -0.1) is 0 Å². The van der Waals surface area contributed by atoms with Crippen molar-refractivity contribution in [2.75, 3.05) is 5.32 Å². The molecule has 0 atom stereocenters. The summed E-state index contributed by atoms with van der Waals surface area (Å²) >= 11 is 0. The van der Waals surface area contributed by atoms with Crippen molar-refractivity contribution in [3.05, 3.63) is 65.2 Å². The molecule has 0 spiro atoms. The van der Waals surface area contributed by atoms with Crippen LogP contribution >= 0.6 is 0 Å². The number of nitrogens with zero attached hydrogens (tertiary/aromatic N) is 4. The van der Waals surface area contributed by atoms with Gasteiger partial charge in [0.1, 0.15) is 6.54 Å². The molecule has 2 aromatic heterocycles. The summed E-state index contributed by atoms with van der Waals surface area (Å²) in [5, 5.41) is 19.9. The third-order valence-corrected chi connectivity index (χ3v) is 3.79. The van der Waals surface area contributed by atoms with Crippen LogP contribution in [0.2, 0.25) is 0 Å². The highest BCUT2D eigenvalue weighted by molar-refractivity contribution is 6.02. The summed E-state index contributed by atoms with van der Waals surface area (Å²) in [4.78, 5) is 23.0. The van der Waals surface area contributed by atoms with E-state index in [2.05, 4.69) is 15.5 Å². The summed E-state index contributed by atoms with van der Waals surface area (Å²) in [6.45, 7) is 4.27. The van der Waals surface area contributed by atoms with Crippen molar-refractivity contribution in [1.29, 1.82) is 0 Å². The summed E-state index contributed by atoms with van der Waals surface area (Å²) in [6, 6.07) is 11.0. The molecule has 134 valence electrons. The maximum absolute atomic E-state index is 12.3. The quantitative estimate of drug-likeness (QED) is 0.706. The Bertz CT molecular complexity index is 957. The van der Waals surface area contributed by atoms with Crippen LogP contribution in [0.5, 0.6) is 0 Å². The topological polar surface area (TPSA) is 102 Å². The summed E-state index contributed by atoms with van der Waals surface area (Å²) in [7, 11) is 0. The predicted molar refractivity (Wildman–Crippen MR) is 95.1 cm³/mol. The van der Waals surface area contributed by atoms with Crippen LogP contribution in [0, 0.1) is 13.8 Å². The molecule has 0 saturated carbocycles. The average Bonchev–Trinajstić information content (AvgIpc) is 3.14. The zero-order valence-electron chi connectivity index (χ0n) is 14.5. The van der Waals surface area contributed by atoms with Crippen molar-refractivity contribution in [1.82, 2.24) is 19.6 Å². The van der Waals surface area contributed by atoms with Gasteiger partial charge in [0.15, 0.2) is 5.69 Å². The molecule has 0 unspecified atom stereocenters. The molecule has 0 bridgehead atoms. The SMILES string of the molecule is Cc1cc(C)n(Cc2cccc(NC(=O)c3ccn(CC(=O)O)n3)c2)n1. The summed E-state index contributed by atoms with van der Waals surface area (Å²) in [5.41, 5.74) is 3.84. The third kappa shape index (κ3) is 4.15. The lowest BCUT2D eigenvalue weighted by molar-refractivity contribution is -0.137. The van der Waals surface area contributed by atoms with Crippen LogP contribution in [0.25, 0.3) is 0 Å². The molecule has 0 saturated heterocycles. The number of nitrogens with one attached hydrogen (secondary N) is 1. The van der Waals surface area contributed by atoms with Crippen molar-refractivity contribution in [3.63, 3.8) is 0 Å². The van der Waals surface area contributed by atoms with E-state index >= 15 is 0 Å². The fourth-order valence-corrected chi connectivity index (χ4v) is 2.66. The molecule has 0 aliphatic rings. The Labute approximate surface area is 150 Å². The Hall–Kier alpha value is -3.42. The molecular formula is C18H19N5O3. The molecule has 2 heterocycles. The molecule has 1 aromatic carbocycles. The first-order valence-electron chi connectivity index (χ1n) is 8.07. The van der Waals surface area contributed by atoms with Gasteiger partial charge in [-0.1, -0.05) is 12.1 Å². The van der Waals surface area contributed by atoms with E-state index in [1.54, 1.807) is 6.07 Å². The molecular weight excluding hydrogens is 334 g/mol.